The van der Waals surface area contributed by atoms with E-state index in [9.17, 15) is 4.79 Å². The number of esters is 1. The topological polar surface area (TPSA) is 83.7 Å². The molecule has 0 aliphatic carbocycles. The summed E-state index contributed by atoms with van der Waals surface area (Å²) in [6.07, 6.45) is 8.04. The number of hydrogen-bond acceptors (Lipinski definition) is 4. The number of H-pyrrole nitrogens is 2. The Kier molecular flexibility index (Phi) is 7.75. The number of nitrogens with one attached hydrogen (secondary N) is 2. The largest absolute Gasteiger partial charge is 0.418 e. The van der Waals surface area contributed by atoms with Crippen LogP contribution in [0.4, 0.5) is 0 Å². The number of hydrogen-bond donors (Lipinski definition) is 2. The molecule has 0 amide bonds. The molecule has 0 atom stereocenters. The third-order valence-electron chi connectivity index (χ3n) is 9.38. The lowest BCUT2D eigenvalue weighted by molar-refractivity contribution is 0.0736. The number of aryl methyl sites for hydroxylation is 1. The third kappa shape index (κ3) is 5.72. The lowest BCUT2D eigenvalue weighted by Crippen LogP contribution is -2.09. The second-order valence-corrected chi connectivity index (χ2v) is 12.8. The van der Waals surface area contributed by atoms with E-state index in [2.05, 4.69) is 70.7 Å². The van der Waals surface area contributed by atoms with Crippen molar-refractivity contribution in [2.24, 2.45) is 0 Å². The van der Waals surface area contributed by atoms with Gasteiger partial charge in [-0.1, -0.05) is 109 Å². The summed E-state index contributed by atoms with van der Waals surface area (Å²) in [4.78, 5) is 31.5. The highest BCUT2D eigenvalue weighted by Gasteiger charge is 2.20. The molecule has 3 aromatic heterocycles. The van der Waals surface area contributed by atoms with Crippen LogP contribution >= 0.6 is 0 Å². The monoisotopic (exact) mass is 672 g/mol. The van der Waals surface area contributed by atoms with Gasteiger partial charge in [0.05, 0.1) is 28.2 Å². The van der Waals surface area contributed by atoms with E-state index < -0.39 is 5.97 Å². The number of aromatic nitrogens is 4. The number of rotatable bonds is 5. The van der Waals surface area contributed by atoms with Crippen molar-refractivity contribution in [1.29, 1.82) is 0 Å². The number of ether oxygens (including phenoxy) is 1. The van der Waals surface area contributed by atoms with Crippen molar-refractivity contribution in [3.05, 3.63) is 173 Å². The van der Waals surface area contributed by atoms with Crippen LogP contribution in [0.2, 0.25) is 0 Å². The van der Waals surface area contributed by atoms with Crippen molar-refractivity contribution in [2.45, 2.75) is 6.92 Å². The molecule has 0 radical (unpaired) electrons. The van der Waals surface area contributed by atoms with Crippen LogP contribution in [0.25, 0.3) is 79.8 Å². The average molecular weight is 673 g/mol. The molecular weight excluding hydrogens is 641 g/mol. The first-order valence-corrected chi connectivity index (χ1v) is 17.2. The number of carbonyl (C=O) groups excluding carboxylic acids is 1. The molecule has 0 saturated carbocycles. The highest BCUT2D eigenvalue weighted by molar-refractivity contribution is 5.99. The van der Waals surface area contributed by atoms with Gasteiger partial charge >= 0.3 is 5.97 Å². The summed E-state index contributed by atoms with van der Waals surface area (Å²) >= 11 is 0. The van der Waals surface area contributed by atoms with E-state index in [0.29, 0.717) is 22.5 Å². The first-order valence-electron chi connectivity index (χ1n) is 17.2. The van der Waals surface area contributed by atoms with Gasteiger partial charge in [-0.25, -0.2) is 14.8 Å². The molecular formula is C46H32N4O2. The molecule has 2 aliphatic heterocycles. The lowest BCUT2D eigenvalue weighted by Gasteiger charge is -2.07. The van der Waals surface area contributed by atoms with Gasteiger partial charge in [0.25, 0.3) is 0 Å². The van der Waals surface area contributed by atoms with Crippen LogP contribution < -0.4 is 4.74 Å². The summed E-state index contributed by atoms with van der Waals surface area (Å²) in [6.45, 7) is 1.99. The molecule has 0 saturated heterocycles. The van der Waals surface area contributed by atoms with Gasteiger partial charge < -0.3 is 14.7 Å². The summed E-state index contributed by atoms with van der Waals surface area (Å²) in [5.41, 5.74) is 13.6. The summed E-state index contributed by atoms with van der Waals surface area (Å²) in [6, 6.07) is 46.3. The molecule has 0 unspecified atom stereocenters. The SMILES string of the molecule is Cc1ccc(C(=O)Oc2c3nc(c(-c4ccccc4)c4ccc([nH]4)c(-c4ccccc4)c4nc(c(-c5ccccc5)c5ccc2[nH]5)C=C4)C=C3)cc1. The smallest absolute Gasteiger partial charge is 0.343 e. The van der Waals surface area contributed by atoms with Crippen LogP contribution in [0.5, 0.6) is 5.75 Å². The minimum Gasteiger partial charge on any atom is -0.418 e. The van der Waals surface area contributed by atoms with Gasteiger partial charge in [-0.2, -0.15) is 0 Å². The summed E-state index contributed by atoms with van der Waals surface area (Å²) in [5.74, 6) is -0.136. The van der Waals surface area contributed by atoms with Crippen LogP contribution in [0.15, 0.2) is 140 Å². The highest BCUT2D eigenvalue weighted by atomic mass is 16.5. The number of nitrogens with zero attached hydrogens (tertiary/aromatic N) is 2. The molecule has 8 bridgehead atoms. The fourth-order valence-corrected chi connectivity index (χ4v) is 6.85. The van der Waals surface area contributed by atoms with Crippen molar-refractivity contribution in [3.8, 4) is 39.1 Å². The first-order chi connectivity index (χ1) is 25.6. The number of aromatic amines is 2. The van der Waals surface area contributed by atoms with Gasteiger partial charge in [0.2, 0.25) is 0 Å². The van der Waals surface area contributed by atoms with E-state index in [4.69, 9.17) is 14.7 Å². The Morgan fingerprint density at radius 2 is 0.846 bits per heavy atom. The quantitative estimate of drug-likeness (QED) is 0.178. The standard InChI is InChI=1S/C46H32N4O2/c1-29-17-19-33(20-18-29)46(51)52-45-40-27-25-38(49-40)43(31-13-7-3-8-14-31)36-23-21-34(47-36)42(30-11-5-2-6-12-30)35-22-24-37(48-35)44(32-15-9-4-10-16-32)39-26-28-41(45)50-39/h2-28,47,50H,1H3. The molecule has 0 fully saturated rings. The van der Waals surface area contributed by atoms with Crippen molar-refractivity contribution in [3.63, 3.8) is 0 Å². The molecule has 2 N–H and O–H groups in total. The lowest BCUT2D eigenvalue weighted by atomic mass is 10.0. The Bertz CT molecular complexity index is 2670. The van der Waals surface area contributed by atoms with Crippen LogP contribution in [0, 0.1) is 6.92 Å². The normalized spacial score (nSPS) is 11.9. The second kappa shape index (κ2) is 13.0. The number of carbonyl (C=O) groups is 1. The van der Waals surface area contributed by atoms with E-state index >= 15 is 0 Å². The fraction of sp³-hybridized carbons (Fsp3) is 0.0217. The molecule has 6 nitrogen and oxygen atoms in total. The Hall–Kier alpha value is -7.05. The van der Waals surface area contributed by atoms with Gasteiger partial charge in [0.1, 0.15) is 5.69 Å². The molecule has 4 aromatic carbocycles. The maximum atomic E-state index is 13.7. The van der Waals surface area contributed by atoms with Crippen molar-refractivity contribution in [2.75, 3.05) is 0 Å². The van der Waals surface area contributed by atoms with E-state index in [1.165, 1.54) is 0 Å². The molecule has 248 valence electrons. The van der Waals surface area contributed by atoms with E-state index in [1.54, 1.807) is 12.1 Å². The molecule has 52 heavy (non-hydrogen) atoms. The van der Waals surface area contributed by atoms with Gasteiger partial charge in [0.15, 0.2) is 5.75 Å². The Morgan fingerprint density at radius 1 is 0.462 bits per heavy atom. The Labute approximate surface area is 300 Å². The fourth-order valence-electron chi connectivity index (χ4n) is 6.85. The molecule has 7 aromatic rings. The highest BCUT2D eigenvalue weighted by Crippen LogP contribution is 2.38. The van der Waals surface area contributed by atoms with Gasteiger partial charge in [0, 0.05) is 33.2 Å². The first kappa shape index (κ1) is 31.0. The summed E-state index contributed by atoms with van der Waals surface area (Å²) in [7, 11) is 0. The zero-order valence-electron chi connectivity index (χ0n) is 28.3. The maximum absolute atomic E-state index is 13.7. The van der Waals surface area contributed by atoms with Crippen LogP contribution in [-0.4, -0.2) is 25.9 Å². The summed E-state index contributed by atoms with van der Waals surface area (Å²) < 4.78 is 6.26. The zero-order chi connectivity index (χ0) is 35.0. The number of fused-ring (bicyclic) bond motifs is 8. The van der Waals surface area contributed by atoms with E-state index in [-0.39, 0.29) is 0 Å². The maximum Gasteiger partial charge on any atom is 0.343 e. The van der Waals surface area contributed by atoms with Crippen molar-refractivity contribution in [1.82, 2.24) is 19.9 Å². The van der Waals surface area contributed by atoms with Crippen LogP contribution in [0.1, 0.15) is 38.7 Å². The minimum atomic E-state index is -0.468. The van der Waals surface area contributed by atoms with Crippen molar-refractivity contribution < 1.29 is 9.53 Å². The molecule has 5 heterocycles. The average Bonchev–Trinajstić information content (AvgIpc) is 4.03. The van der Waals surface area contributed by atoms with Crippen LogP contribution in [0.3, 0.4) is 0 Å². The summed E-state index contributed by atoms with van der Waals surface area (Å²) in [5, 5.41) is 0. The van der Waals surface area contributed by atoms with Gasteiger partial charge in [-0.05, 0) is 84.3 Å². The predicted molar refractivity (Wildman–Crippen MR) is 211 cm³/mol. The van der Waals surface area contributed by atoms with E-state index in [0.717, 1.165) is 72.6 Å². The van der Waals surface area contributed by atoms with Gasteiger partial charge in [-0.15, -0.1) is 0 Å². The number of benzene rings is 4. The predicted octanol–water partition coefficient (Wildman–Crippen LogP) is 11.2. The molecule has 2 aliphatic rings. The second-order valence-electron chi connectivity index (χ2n) is 12.8. The molecule has 9 rings (SSSR count). The molecule has 0 spiro atoms. The zero-order valence-corrected chi connectivity index (χ0v) is 28.3. The third-order valence-corrected chi connectivity index (χ3v) is 9.38. The Morgan fingerprint density at radius 3 is 1.31 bits per heavy atom. The van der Waals surface area contributed by atoms with Crippen LogP contribution in [-0.2, 0) is 0 Å². The molecule has 6 heteroatoms. The van der Waals surface area contributed by atoms with Gasteiger partial charge in [-0.3, -0.25) is 0 Å². The van der Waals surface area contributed by atoms with E-state index in [1.807, 2.05) is 97.9 Å². The Balaban J connectivity index is 1.41. The minimum absolute atomic E-state index is 0.331. The van der Waals surface area contributed by atoms with Crippen molar-refractivity contribution >= 4 is 52.3 Å².